The molecule has 1 aromatic carbocycles. The smallest absolute Gasteiger partial charge is 0.308 e. The second-order valence-electron chi connectivity index (χ2n) is 6.02. The standard InChI is InChI=1S/C17H22N2O4/c1-11(17(22)23)9-18-16(21)14-8-15(20)19(10-14)12(2)13-6-4-3-5-7-13/h3-7,11-12,14H,8-10H2,1-2H3,(H,18,21)(H,22,23). The van der Waals surface area contributed by atoms with Crippen molar-refractivity contribution in [2.45, 2.75) is 26.3 Å². The minimum atomic E-state index is -0.952. The van der Waals surface area contributed by atoms with E-state index in [0.29, 0.717) is 6.54 Å². The van der Waals surface area contributed by atoms with Crippen molar-refractivity contribution in [3.8, 4) is 0 Å². The molecule has 3 unspecified atom stereocenters. The van der Waals surface area contributed by atoms with Gasteiger partial charge in [-0.3, -0.25) is 14.4 Å². The molecule has 1 aliphatic rings. The second kappa shape index (κ2) is 7.26. The summed E-state index contributed by atoms with van der Waals surface area (Å²) in [5.41, 5.74) is 1.03. The third kappa shape index (κ3) is 4.09. The summed E-state index contributed by atoms with van der Waals surface area (Å²) in [5.74, 6) is -2.32. The molecule has 1 saturated heterocycles. The van der Waals surface area contributed by atoms with Crippen molar-refractivity contribution in [2.24, 2.45) is 11.8 Å². The normalized spacial score (nSPS) is 20.2. The number of carbonyl (C=O) groups is 3. The van der Waals surface area contributed by atoms with E-state index in [-0.39, 0.29) is 30.8 Å². The van der Waals surface area contributed by atoms with Crippen LogP contribution in [0, 0.1) is 11.8 Å². The molecule has 0 saturated carbocycles. The molecule has 0 radical (unpaired) electrons. The number of amides is 2. The lowest BCUT2D eigenvalue weighted by Crippen LogP contribution is -2.37. The fourth-order valence-corrected chi connectivity index (χ4v) is 2.68. The van der Waals surface area contributed by atoms with Gasteiger partial charge in [-0.15, -0.1) is 0 Å². The highest BCUT2D eigenvalue weighted by molar-refractivity contribution is 5.89. The Hall–Kier alpha value is -2.37. The maximum atomic E-state index is 12.2. The van der Waals surface area contributed by atoms with Gasteiger partial charge >= 0.3 is 5.97 Å². The summed E-state index contributed by atoms with van der Waals surface area (Å²) < 4.78 is 0. The van der Waals surface area contributed by atoms with Crippen molar-refractivity contribution in [2.75, 3.05) is 13.1 Å². The minimum Gasteiger partial charge on any atom is -0.481 e. The number of nitrogens with one attached hydrogen (secondary N) is 1. The van der Waals surface area contributed by atoms with Crippen LogP contribution in [0.3, 0.4) is 0 Å². The van der Waals surface area contributed by atoms with Gasteiger partial charge < -0.3 is 15.3 Å². The first kappa shape index (κ1) is 17.0. The molecule has 0 aliphatic carbocycles. The van der Waals surface area contributed by atoms with Gasteiger partial charge in [0, 0.05) is 19.5 Å². The van der Waals surface area contributed by atoms with E-state index in [9.17, 15) is 14.4 Å². The molecule has 23 heavy (non-hydrogen) atoms. The molecule has 1 aliphatic heterocycles. The predicted molar refractivity (Wildman–Crippen MR) is 84.5 cm³/mol. The predicted octanol–water partition coefficient (Wildman–Crippen LogP) is 1.43. The van der Waals surface area contributed by atoms with Crippen molar-refractivity contribution in [3.05, 3.63) is 35.9 Å². The topological polar surface area (TPSA) is 86.7 Å². The average molecular weight is 318 g/mol. The summed E-state index contributed by atoms with van der Waals surface area (Å²) in [6, 6.07) is 9.59. The highest BCUT2D eigenvalue weighted by Gasteiger charge is 2.37. The summed E-state index contributed by atoms with van der Waals surface area (Å²) in [6.45, 7) is 3.92. The van der Waals surface area contributed by atoms with E-state index in [0.717, 1.165) is 5.56 Å². The van der Waals surface area contributed by atoms with E-state index < -0.39 is 17.8 Å². The quantitative estimate of drug-likeness (QED) is 0.831. The third-order valence-electron chi connectivity index (χ3n) is 4.28. The van der Waals surface area contributed by atoms with Gasteiger partial charge in [-0.2, -0.15) is 0 Å². The number of nitrogens with zero attached hydrogens (tertiary/aromatic N) is 1. The highest BCUT2D eigenvalue weighted by atomic mass is 16.4. The van der Waals surface area contributed by atoms with Gasteiger partial charge in [0.1, 0.15) is 0 Å². The van der Waals surface area contributed by atoms with Gasteiger partial charge in [-0.05, 0) is 12.5 Å². The molecule has 3 atom stereocenters. The zero-order valence-corrected chi connectivity index (χ0v) is 13.4. The van der Waals surface area contributed by atoms with E-state index >= 15 is 0 Å². The average Bonchev–Trinajstić information content (AvgIpc) is 2.94. The van der Waals surface area contributed by atoms with E-state index in [1.54, 1.807) is 4.90 Å². The van der Waals surface area contributed by atoms with Gasteiger partial charge in [-0.1, -0.05) is 37.3 Å². The molecule has 1 aromatic rings. The first-order valence-electron chi connectivity index (χ1n) is 7.75. The minimum absolute atomic E-state index is 0.0483. The lowest BCUT2D eigenvalue weighted by Gasteiger charge is -2.25. The van der Waals surface area contributed by atoms with Crippen LogP contribution in [0.4, 0.5) is 0 Å². The van der Waals surface area contributed by atoms with Crippen molar-refractivity contribution in [3.63, 3.8) is 0 Å². The summed E-state index contributed by atoms with van der Waals surface area (Å²) >= 11 is 0. The maximum Gasteiger partial charge on any atom is 0.308 e. The molecule has 2 amide bonds. The number of aliphatic carboxylic acids is 1. The van der Waals surface area contributed by atoms with Crippen LogP contribution in [0.2, 0.25) is 0 Å². The van der Waals surface area contributed by atoms with E-state index in [1.807, 2.05) is 37.3 Å². The molecule has 2 rings (SSSR count). The van der Waals surface area contributed by atoms with Gasteiger partial charge in [0.2, 0.25) is 11.8 Å². The Morgan fingerprint density at radius 3 is 2.57 bits per heavy atom. The number of rotatable bonds is 6. The lowest BCUT2D eigenvalue weighted by molar-refractivity contribution is -0.141. The number of likely N-dealkylation sites (tertiary alicyclic amines) is 1. The first-order valence-corrected chi connectivity index (χ1v) is 7.75. The summed E-state index contributed by atoms with van der Waals surface area (Å²) in [5, 5.41) is 11.5. The van der Waals surface area contributed by atoms with Crippen LogP contribution >= 0.6 is 0 Å². The number of carboxylic acid groups (broad SMARTS) is 1. The van der Waals surface area contributed by atoms with Crippen molar-refractivity contribution in [1.29, 1.82) is 0 Å². The van der Waals surface area contributed by atoms with Crippen molar-refractivity contribution >= 4 is 17.8 Å². The first-order chi connectivity index (χ1) is 10.9. The molecule has 6 heteroatoms. The van der Waals surface area contributed by atoms with Gasteiger partial charge in [0.25, 0.3) is 0 Å². The van der Waals surface area contributed by atoms with Gasteiger partial charge in [0.05, 0.1) is 17.9 Å². The Bertz CT molecular complexity index is 588. The van der Waals surface area contributed by atoms with Crippen LogP contribution in [0.1, 0.15) is 31.9 Å². The molecule has 0 bridgehead atoms. The number of carbonyl (C=O) groups excluding carboxylic acids is 2. The number of hydrogen-bond acceptors (Lipinski definition) is 3. The molecule has 124 valence electrons. The molecule has 2 N–H and O–H groups in total. The highest BCUT2D eigenvalue weighted by Crippen LogP contribution is 2.28. The van der Waals surface area contributed by atoms with Crippen LogP contribution in [0.25, 0.3) is 0 Å². The fourth-order valence-electron chi connectivity index (χ4n) is 2.68. The second-order valence-corrected chi connectivity index (χ2v) is 6.02. The number of hydrogen-bond donors (Lipinski definition) is 2. The van der Waals surface area contributed by atoms with Crippen LogP contribution in [0.5, 0.6) is 0 Å². The Balaban J connectivity index is 1.94. The van der Waals surface area contributed by atoms with Crippen LogP contribution in [0.15, 0.2) is 30.3 Å². The monoisotopic (exact) mass is 318 g/mol. The molecule has 1 heterocycles. The zero-order valence-electron chi connectivity index (χ0n) is 13.4. The molecular formula is C17H22N2O4. The third-order valence-corrected chi connectivity index (χ3v) is 4.28. The summed E-state index contributed by atoms with van der Waals surface area (Å²) in [6.07, 6.45) is 0.171. The molecule has 0 spiro atoms. The molecular weight excluding hydrogens is 296 g/mol. The largest absolute Gasteiger partial charge is 0.481 e. The Kier molecular flexibility index (Phi) is 5.36. The van der Waals surface area contributed by atoms with Crippen LogP contribution in [-0.4, -0.2) is 40.9 Å². The van der Waals surface area contributed by atoms with Gasteiger partial charge in [0.15, 0.2) is 0 Å². The molecule has 6 nitrogen and oxygen atoms in total. The number of benzene rings is 1. The van der Waals surface area contributed by atoms with E-state index in [2.05, 4.69) is 5.32 Å². The Morgan fingerprint density at radius 1 is 1.30 bits per heavy atom. The molecule has 1 fully saturated rings. The van der Waals surface area contributed by atoms with Crippen LogP contribution in [-0.2, 0) is 14.4 Å². The summed E-state index contributed by atoms with van der Waals surface area (Å²) in [4.78, 5) is 36.8. The van der Waals surface area contributed by atoms with E-state index in [4.69, 9.17) is 5.11 Å². The summed E-state index contributed by atoms with van der Waals surface area (Å²) in [7, 11) is 0. The van der Waals surface area contributed by atoms with E-state index in [1.165, 1.54) is 6.92 Å². The lowest BCUT2D eigenvalue weighted by atomic mass is 10.1. The maximum absolute atomic E-state index is 12.2. The fraction of sp³-hybridized carbons (Fsp3) is 0.471. The Morgan fingerprint density at radius 2 is 1.96 bits per heavy atom. The zero-order chi connectivity index (χ0) is 17.0. The Labute approximate surface area is 135 Å². The van der Waals surface area contributed by atoms with Crippen LogP contribution < -0.4 is 5.32 Å². The van der Waals surface area contributed by atoms with Crippen molar-refractivity contribution < 1.29 is 19.5 Å². The van der Waals surface area contributed by atoms with Gasteiger partial charge in [-0.25, -0.2) is 0 Å². The van der Waals surface area contributed by atoms with Crippen molar-refractivity contribution in [1.82, 2.24) is 10.2 Å². The SMILES string of the molecule is CC(CNC(=O)C1CC(=O)N(C(C)c2ccccc2)C1)C(=O)O. The number of carboxylic acids is 1. The molecule has 0 aromatic heterocycles.